The molecule has 4 rings (SSSR count). The predicted octanol–water partition coefficient (Wildman–Crippen LogP) is 2.87. The summed E-state index contributed by atoms with van der Waals surface area (Å²) < 4.78 is 28.3. The Kier molecular flexibility index (Phi) is 4.44. The van der Waals surface area contributed by atoms with Crippen LogP contribution < -0.4 is 4.90 Å². The summed E-state index contributed by atoms with van der Waals surface area (Å²) >= 11 is 0. The third-order valence-corrected chi connectivity index (χ3v) is 7.02. The molecule has 0 amide bonds. The molecule has 0 N–H and O–H groups in total. The van der Waals surface area contributed by atoms with Gasteiger partial charge in [-0.15, -0.1) is 0 Å². The monoisotopic (exact) mass is 384 g/mol. The second kappa shape index (κ2) is 6.65. The Bertz CT molecular complexity index is 1100. The van der Waals surface area contributed by atoms with Crippen LogP contribution >= 0.6 is 0 Å². The fraction of sp³-hybridized carbons (Fsp3) is 0.350. The van der Waals surface area contributed by atoms with Crippen molar-refractivity contribution in [3.05, 3.63) is 53.9 Å². The lowest BCUT2D eigenvalue weighted by atomic mass is 10.2. The summed E-state index contributed by atoms with van der Waals surface area (Å²) in [4.78, 5) is 7.42. The first kappa shape index (κ1) is 18.0. The second-order valence-electron chi connectivity index (χ2n) is 7.01. The average molecular weight is 385 g/mol. The minimum absolute atomic E-state index is 0.277. The summed E-state index contributed by atoms with van der Waals surface area (Å²) in [5.41, 5.74) is 4.33. The van der Waals surface area contributed by atoms with E-state index in [0.29, 0.717) is 0 Å². The second-order valence-corrected chi connectivity index (χ2v) is 9.16. The van der Waals surface area contributed by atoms with E-state index in [-0.39, 0.29) is 4.90 Å². The highest BCUT2D eigenvalue weighted by Gasteiger charge is 2.22. The van der Waals surface area contributed by atoms with Gasteiger partial charge < -0.3 is 9.47 Å². The minimum atomic E-state index is -3.47. The quantitative estimate of drug-likeness (QED) is 0.679. The molecule has 6 nitrogen and oxygen atoms in total. The molecule has 1 aliphatic rings. The van der Waals surface area contributed by atoms with Crippen molar-refractivity contribution in [1.29, 1.82) is 0 Å². The van der Waals surface area contributed by atoms with Gasteiger partial charge in [0, 0.05) is 32.9 Å². The maximum absolute atomic E-state index is 12.4. The Morgan fingerprint density at radius 2 is 1.93 bits per heavy atom. The van der Waals surface area contributed by atoms with E-state index in [0.717, 1.165) is 42.9 Å². The standard InChI is InChI=1S/C20H24N4O2S/c1-4-24-19-10-9-16(27(25,26)22(2)3)13-17(19)21-20(24)14-23-12-11-15-7-5-6-8-18(15)23/h5-10,13H,4,11-12,14H2,1-3H3. The summed E-state index contributed by atoms with van der Waals surface area (Å²) in [6.07, 6.45) is 1.05. The largest absolute Gasteiger partial charge is 0.363 e. The van der Waals surface area contributed by atoms with Crippen LogP contribution in [0.15, 0.2) is 47.4 Å². The van der Waals surface area contributed by atoms with Gasteiger partial charge in [0.25, 0.3) is 0 Å². The molecule has 1 aliphatic heterocycles. The normalized spacial score (nSPS) is 14.3. The van der Waals surface area contributed by atoms with Crippen molar-refractivity contribution in [3.63, 3.8) is 0 Å². The Hall–Kier alpha value is -2.38. The lowest BCUT2D eigenvalue weighted by Crippen LogP contribution is -2.22. The van der Waals surface area contributed by atoms with Gasteiger partial charge >= 0.3 is 0 Å². The molecule has 0 bridgehead atoms. The summed E-state index contributed by atoms with van der Waals surface area (Å²) in [6.45, 7) is 4.58. The number of hydrogen-bond donors (Lipinski definition) is 0. The molecule has 0 spiro atoms. The van der Waals surface area contributed by atoms with Crippen molar-refractivity contribution in [1.82, 2.24) is 13.9 Å². The summed E-state index contributed by atoms with van der Waals surface area (Å²) in [5, 5.41) is 0. The number of sulfonamides is 1. The number of para-hydroxylation sites is 1. The van der Waals surface area contributed by atoms with Gasteiger partial charge in [-0.2, -0.15) is 0 Å². The number of imidazole rings is 1. The van der Waals surface area contributed by atoms with Crippen LogP contribution in [-0.2, 0) is 29.5 Å². The molecule has 1 aromatic heterocycles. The van der Waals surface area contributed by atoms with Gasteiger partial charge in [-0.05, 0) is 43.2 Å². The zero-order chi connectivity index (χ0) is 19.2. The van der Waals surface area contributed by atoms with E-state index in [1.54, 1.807) is 26.2 Å². The first-order chi connectivity index (χ1) is 12.9. The predicted molar refractivity (Wildman–Crippen MR) is 107 cm³/mol. The Morgan fingerprint density at radius 1 is 1.15 bits per heavy atom. The minimum Gasteiger partial charge on any atom is -0.363 e. The van der Waals surface area contributed by atoms with Crippen LogP contribution in [-0.4, -0.2) is 42.9 Å². The number of aryl methyl sites for hydroxylation is 1. The number of anilines is 1. The van der Waals surface area contributed by atoms with Crippen molar-refractivity contribution in [3.8, 4) is 0 Å². The van der Waals surface area contributed by atoms with Gasteiger partial charge in [-0.3, -0.25) is 0 Å². The van der Waals surface area contributed by atoms with Crippen molar-refractivity contribution < 1.29 is 8.42 Å². The smallest absolute Gasteiger partial charge is 0.242 e. The van der Waals surface area contributed by atoms with Crippen molar-refractivity contribution in [2.75, 3.05) is 25.5 Å². The molecule has 2 heterocycles. The third kappa shape index (κ3) is 3.00. The van der Waals surface area contributed by atoms with Crippen LogP contribution in [0.1, 0.15) is 18.3 Å². The van der Waals surface area contributed by atoms with Gasteiger partial charge in [0.1, 0.15) is 5.82 Å². The molecule has 0 atom stereocenters. The SMILES string of the molecule is CCn1c(CN2CCc3ccccc32)nc2cc(S(=O)(=O)N(C)C)ccc21. The van der Waals surface area contributed by atoms with Crippen LogP contribution in [0.5, 0.6) is 0 Å². The van der Waals surface area contributed by atoms with E-state index < -0.39 is 10.0 Å². The number of nitrogens with zero attached hydrogens (tertiary/aromatic N) is 4. The fourth-order valence-electron chi connectivity index (χ4n) is 3.75. The number of hydrogen-bond acceptors (Lipinski definition) is 4. The highest BCUT2D eigenvalue weighted by Crippen LogP contribution is 2.30. The van der Waals surface area contributed by atoms with Crippen LogP contribution in [0.3, 0.4) is 0 Å². The molecule has 0 aliphatic carbocycles. The number of aromatic nitrogens is 2. The Labute approximate surface area is 160 Å². The van der Waals surface area contributed by atoms with Crippen LogP contribution in [0.25, 0.3) is 11.0 Å². The van der Waals surface area contributed by atoms with E-state index in [4.69, 9.17) is 4.98 Å². The molecule has 0 unspecified atom stereocenters. The van der Waals surface area contributed by atoms with Crippen LogP contribution in [0.4, 0.5) is 5.69 Å². The van der Waals surface area contributed by atoms with E-state index in [2.05, 4.69) is 40.7 Å². The summed E-state index contributed by atoms with van der Waals surface area (Å²) in [7, 11) is -0.383. The first-order valence-corrected chi connectivity index (χ1v) is 10.6. The lowest BCUT2D eigenvalue weighted by Gasteiger charge is -2.19. The van der Waals surface area contributed by atoms with Gasteiger partial charge in [-0.25, -0.2) is 17.7 Å². The third-order valence-electron chi connectivity index (χ3n) is 5.21. The molecule has 0 radical (unpaired) electrons. The van der Waals surface area contributed by atoms with Crippen LogP contribution in [0, 0.1) is 0 Å². The zero-order valence-corrected chi connectivity index (χ0v) is 16.7. The number of fused-ring (bicyclic) bond motifs is 2. The van der Waals surface area contributed by atoms with E-state index >= 15 is 0 Å². The molecule has 2 aromatic carbocycles. The topological polar surface area (TPSA) is 58.4 Å². The summed E-state index contributed by atoms with van der Waals surface area (Å²) in [5.74, 6) is 0.962. The Morgan fingerprint density at radius 3 is 2.67 bits per heavy atom. The molecular weight excluding hydrogens is 360 g/mol. The highest BCUT2D eigenvalue weighted by atomic mass is 32.2. The lowest BCUT2D eigenvalue weighted by molar-refractivity contribution is 0.521. The van der Waals surface area contributed by atoms with Crippen molar-refractivity contribution in [2.24, 2.45) is 0 Å². The van der Waals surface area contributed by atoms with Crippen molar-refractivity contribution >= 4 is 26.7 Å². The Balaban J connectivity index is 1.74. The molecule has 3 aromatic rings. The molecule has 142 valence electrons. The molecule has 0 saturated carbocycles. The highest BCUT2D eigenvalue weighted by molar-refractivity contribution is 7.89. The fourth-order valence-corrected chi connectivity index (χ4v) is 4.67. The molecule has 27 heavy (non-hydrogen) atoms. The van der Waals surface area contributed by atoms with Gasteiger partial charge in [-0.1, -0.05) is 18.2 Å². The van der Waals surface area contributed by atoms with Gasteiger partial charge in [0.15, 0.2) is 0 Å². The molecule has 0 fully saturated rings. The number of benzene rings is 2. The van der Waals surface area contributed by atoms with E-state index in [1.165, 1.54) is 15.6 Å². The van der Waals surface area contributed by atoms with Crippen molar-refractivity contribution in [2.45, 2.75) is 31.3 Å². The van der Waals surface area contributed by atoms with Gasteiger partial charge in [0.2, 0.25) is 10.0 Å². The molecule has 7 heteroatoms. The van der Waals surface area contributed by atoms with E-state index in [1.807, 2.05) is 6.07 Å². The summed E-state index contributed by atoms with van der Waals surface area (Å²) in [6, 6.07) is 13.7. The average Bonchev–Trinajstić information content (AvgIpc) is 3.22. The maximum atomic E-state index is 12.4. The zero-order valence-electron chi connectivity index (χ0n) is 15.9. The number of rotatable bonds is 5. The van der Waals surface area contributed by atoms with E-state index in [9.17, 15) is 8.42 Å². The van der Waals surface area contributed by atoms with Crippen LogP contribution in [0.2, 0.25) is 0 Å². The first-order valence-electron chi connectivity index (χ1n) is 9.16. The van der Waals surface area contributed by atoms with Gasteiger partial charge in [0.05, 0.1) is 22.5 Å². The molecular formula is C20H24N4O2S. The maximum Gasteiger partial charge on any atom is 0.242 e. The molecule has 0 saturated heterocycles.